The summed E-state index contributed by atoms with van der Waals surface area (Å²) in [7, 11) is 0. The monoisotopic (exact) mass is 273 g/mol. The number of carbonyl (C=O) groups excluding carboxylic acids is 1. The van der Waals surface area contributed by atoms with E-state index in [1.165, 1.54) is 0 Å². The summed E-state index contributed by atoms with van der Waals surface area (Å²) >= 11 is 0. The highest BCUT2D eigenvalue weighted by Gasteiger charge is 2.25. The predicted molar refractivity (Wildman–Crippen MR) is 77.2 cm³/mol. The molecule has 1 fully saturated rings. The number of carboxylic acids is 1. The van der Waals surface area contributed by atoms with Crippen molar-refractivity contribution in [1.29, 1.82) is 0 Å². The first-order valence-electron chi connectivity index (χ1n) is 6.83. The van der Waals surface area contributed by atoms with Crippen LogP contribution in [0.4, 0.5) is 0 Å². The van der Waals surface area contributed by atoms with Gasteiger partial charge in [0, 0.05) is 19.2 Å². The Hall–Kier alpha value is -2.10. The second-order valence-corrected chi connectivity index (χ2v) is 5.13. The number of carbonyl (C=O) groups is 2. The van der Waals surface area contributed by atoms with E-state index in [0.717, 1.165) is 11.1 Å². The van der Waals surface area contributed by atoms with Gasteiger partial charge in [0.25, 0.3) is 0 Å². The summed E-state index contributed by atoms with van der Waals surface area (Å²) in [5.41, 5.74) is 2.16. The lowest BCUT2D eigenvalue weighted by Crippen LogP contribution is -2.39. The molecule has 1 N–H and O–H groups in total. The van der Waals surface area contributed by atoms with Crippen LogP contribution < -0.4 is 0 Å². The van der Waals surface area contributed by atoms with Crippen molar-refractivity contribution in [3.05, 3.63) is 41.5 Å². The minimum absolute atomic E-state index is 0.0444. The molecule has 0 aliphatic carbocycles. The molecule has 20 heavy (non-hydrogen) atoms. The van der Waals surface area contributed by atoms with Crippen LogP contribution in [0.25, 0.3) is 6.08 Å². The predicted octanol–water partition coefficient (Wildman–Crippen LogP) is 2.33. The molecule has 4 heteroatoms. The summed E-state index contributed by atoms with van der Waals surface area (Å²) in [5.74, 6) is -1.11. The van der Waals surface area contributed by atoms with Gasteiger partial charge in [0.1, 0.15) is 0 Å². The quantitative estimate of drug-likeness (QED) is 0.860. The van der Waals surface area contributed by atoms with Gasteiger partial charge in [-0.15, -0.1) is 0 Å². The zero-order valence-corrected chi connectivity index (χ0v) is 11.6. The highest BCUT2D eigenvalue weighted by atomic mass is 16.4. The summed E-state index contributed by atoms with van der Waals surface area (Å²) in [5, 5.41) is 8.93. The Balaban J connectivity index is 1.93. The van der Waals surface area contributed by atoms with Crippen molar-refractivity contribution in [2.24, 2.45) is 5.92 Å². The summed E-state index contributed by atoms with van der Waals surface area (Å²) < 4.78 is 0. The molecule has 0 bridgehead atoms. The number of aryl methyl sites for hydroxylation is 1. The van der Waals surface area contributed by atoms with Crippen LogP contribution in [0, 0.1) is 12.8 Å². The fraction of sp³-hybridized carbons (Fsp3) is 0.375. The molecule has 0 saturated carbocycles. The molecular weight excluding hydrogens is 254 g/mol. The maximum atomic E-state index is 12.1. The summed E-state index contributed by atoms with van der Waals surface area (Å²) in [4.78, 5) is 24.6. The number of rotatable bonds is 3. The average molecular weight is 273 g/mol. The van der Waals surface area contributed by atoms with E-state index in [2.05, 4.69) is 0 Å². The third kappa shape index (κ3) is 3.47. The van der Waals surface area contributed by atoms with Crippen LogP contribution in [-0.2, 0) is 9.59 Å². The molecule has 0 radical (unpaired) electrons. The Morgan fingerprint density at radius 3 is 2.50 bits per heavy atom. The number of hydrogen-bond donors (Lipinski definition) is 1. The zero-order valence-electron chi connectivity index (χ0n) is 11.6. The van der Waals surface area contributed by atoms with Crippen LogP contribution in [0.15, 0.2) is 30.3 Å². The molecule has 2 rings (SSSR count). The molecule has 0 spiro atoms. The number of piperidine rings is 1. The Bertz CT molecular complexity index is 528. The third-order valence-electron chi connectivity index (χ3n) is 3.75. The van der Waals surface area contributed by atoms with Crippen LogP contribution in [0.1, 0.15) is 24.0 Å². The molecule has 1 aromatic rings. The Labute approximate surface area is 118 Å². The normalized spacial score (nSPS) is 16.6. The lowest BCUT2D eigenvalue weighted by molar-refractivity contribution is -0.144. The van der Waals surface area contributed by atoms with Crippen LogP contribution in [0.5, 0.6) is 0 Å². The topological polar surface area (TPSA) is 57.6 Å². The van der Waals surface area contributed by atoms with Gasteiger partial charge in [-0.05, 0) is 37.0 Å². The molecule has 0 aromatic heterocycles. The van der Waals surface area contributed by atoms with E-state index in [4.69, 9.17) is 5.11 Å². The molecular formula is C16H19NO3. The highest BCUT2D eigenvalue weighted by molar-refractivity contribution is 5.92. The number of aliphatic carboxylic acids is 1. The third-order valence-corrected chi connectivity index (χ3v) is 3.75. The molecule has 4 nitrogen and oxygen atoms in total. The number of benzene rings is 1. The van der Waals surface area contributed by atoms with Gasteiger partial charge < -0.3 is 10.0 Å². The van der Waals surface area contributed by atoms with Crippen molar-refractivity contribution in [1.82, 2.24) is 4.90 Å². The number of amides is 1. The van der Waals surface area contributed by atoms with Gasteiger partial charge in [-0.2, -0.15) is 0 Å². The van der Waals surface area contributed by atoms with Crippen molar-refractivity contribution in [3.63, 3.8) is 0 Å². The first-order chi connectivity index (χ1) is 9.58. The van der Waals surface area contributed by atoms with E-state index in [1.807, 2.05) is 37.3 Å². The molecule has 0 atom stereocenters. The van der Waals surface area contributed by atoms with E-state index in [9.17, 15) is 9.59 Å². The van der Waals surface area contributed by atoms with Crippen LogP contribution in [-0.4, -0.2) is 35.0 Å². The number of carboxylic acid groups (broad SMARTS) is 1. The first-order valence-corrected chi connectivity index (χ1v) is 6.83. The lowest BCUT2D eigenvalue weighted by Gasteiger charge is -2.29. The van der Waals surface area contributed by atoms with E-state index in [0.29, 0.717) is 25.9 Å². The van der Waals surface area contributed by atoms with Gasteiger partial charge in [0.15, 0.2) is 0 Å². The SMILES string of the molecule is Cc1ccccc1C=CC(=O)N1CCC(C(=O)O)CC1. The second-order valence-electron chi connectivity index (χ2n) is 5.13. The van der Waals surface area contributed by atoms with E-state index in [1.54, 1.807) is 11.0 Å². The molecule has 1 aliphatic rings. The van der Waals surface area contributed by atoms with Gasteiger partial charge in [-0.3, -0.25) is 9.59 Å². The number of likely N-dealkylation sites (tertiary alicyclic amines) is 1. The molecule has 1 aromatic carbocycles. The van der Waals surface area contributed by atoms with Gasteiger partial charge >= 0.3 is 5.97 Å². The minimum Gasteiger partial charge on any atom is -0.481 e. The van der Waals surface area contributed by atoms with E-state index < -0.39 is 5.97 Å². The number of nitrogens with zero attached hydrogens (tertiary/aromatic N) is 1. The van der Waals surface area contributed by atoms with Crippen LogP contribution in [0.2, 0.25) is 0 Å². The molecule has 1 saturated heterocycles. The Kier molecular flexibility index (Phi) is 4.56. The van der Waals surface area contributed by atoms with Gasteiger partial charge in [0.2, 0.25) is 5.91 Å². The summed E-state index contributed by atoms with van der Waals surface area (Å²) in [6.45, 7) is 3.05. The standard InChI is InChI=1S/C16H19NO3/c1-12-4-2-3-5-13(12)6-7-15(18)17-10-8-14(9-11-17)16(19)20/h2-7,14H,8-11H2,1H3,(H,19,20). The van der Waals surface area contributed by atoms with Crippen LogP contribution in [0.3, 0.4) is 0 Å². The largest absolute Gasteiger partial charge is 0.481 e. The molecule has 0 unspecified atom stereocenters. The van der Waals surface area contributed by atoms with E-state index >= 15 is 0 Å². The maximum absolute atomic E-state index is 12.1. The second kappa shape index (κ2) is 6.37. The highest BCUT2D eigenvalue weighted by Crippen LogP contribution is 2.18. The number of hydrogen-bond acceptors (Lipinski definition) is 2. The Morgan fingerprint density at radius 2 is 1.90 bits per heavy atom. The van der Waals surface area contributed by atoms with Gasteiger partial charge in [-0.25, -0.2) is 0 Å². The molecule has 1 aliphatic heterocycles. The zero-order chi connectivity index (χ0) is 14.5. The molecule has 106 valence electrons. The van der Waals surface area contributed by atoms with Gasteiger partial charge in [0.05, 0.1) is 5.92 Å². The Morgan fingerprint density at radius 1 is 1.25 bits per heavy atom. The average Bonchev–Trinajstić information content (AvgIpc) is 2.46. The van der Waals surface area contributed by atoms with Crippen molar-refractivity contribution in [2.45, 2.75) is 19.8 Å². The fourth-order valence-corrected chi connectivity index (χ4v) is 2.39. The summed E-state index contributed by atoms with van der Waals surface area (Å²) in [6, 6.07) is 7.87. The maximum Gasteiger partial charge on any atom is 0.306 e. The fourth-order valence-electron chi connectivity index (χ4n) is 2.39. The van der Waals surface area contributed by atoms with E-state index in [-0.39, 0.29) is 11.8 Å². The molecule has 1 amide bonds. The van der Waals surface area contributed by atoms with Crippen LogP contribution >= 0.6 is 0 Å². The molecule has 1 heterocycles. The minimum atomic E-state index is -0.757. The lowest BCUT2D eigenvalue weighted by atomic mass is 9.97. The first kappa shape index (κ1) is 14.3. The van der Waals surface area contributed by atoms with Crippen molar-refractivity contribution in [3.8, 4) is 0 Å². The smallest absolute Gasteiger partial charge is 0.306 e. The van der Waals surface area contributed by atoms with Crippen molar-refractivity contribution >= 4 is 18.0 Å². The van der Waals surface area contributed by atoms with Crippen molar-refractivity contribution in [2.75, 3.05) is 13.1 Å². The van der Waals surface area contributed by atoms with Gasteiger partial charge in [-0.1, -0.05) is 24.3 Å². The summed E-state index contributed by atoms with van der Waals surface area (Å²) in [6.07, 6.45) is 4.48. The van der Waals surface area contributed by atoms with Crippen molar-refractivity contribution < 1.29 is 14.7 Å².